The Kier molecular flexibility index (Phi) is 6.78. The molecule has 0 saturated heterocycles. The summed E-state index contributed by atoms with van der Waals surface area (Å²) in [6, 6.07) is 9.67. The molecule has 0 radical (unpaired) electrons. The fourth-order valence-corrected chi connectivity index (χ4v) is 5.51. The largest absolute Gasteiger partial charge is 0.455 e. The summed E-state index contributed by atoms with van der Waals surface area (Å²) in [5, 5.41) is 12.6. The number of anilines is 1. The SMILES string of the molecule is CS(=O)(=O)N(CCCC(N)=NO)c1cc2oc(-c3ccc(F)cc3)c(C3=NCCON3)c2cc1C1CC1. The lowest BCUT2D eigenvalue weighted by Gasteiger charge is -2.25. The number of sulfonamides is 1. The molecule has 1 aliphatic heterocycles. The van der Waals surface area contributed by atoms with Crippen LogP contribution in [0.4, 0.5) is 10.1 Å². The van der Waals surface area contributed by atoms with Gasteiger partial charge in [0.1, 0.15) is 23.0 Å². The van der Waals surface area contributed by atoms with Crippen LogP contribution in [0.5, 0.6) is 0 Å². The zero-order valence-electron chi connectivity index (χ0n) is 20.3. The minimum absolute atomic E-state index is 0.0360. The summed E-state index contributed by atoms with van der Waals surface area (Å²) in [6.45, 7) is 1.05. The third-order valence-corrected chi connectivity index (χ3v) is 7.60. The number of nitrogens with zero attached hydrogens (tertiary/aromatic N) is 3. The molecule has 1 aliphatic carbocycles. The van der Waals surface area contributed by atoms with Crippen molar-refractivity contribution in [3.8, 4) is 11.3 Å². The third kappa shape index (κ3) is 5.25. The molecule has 1 fully saturated rings. The van der Waals surface area contributed by atoms with Crippen LogP contribution in [0.3, 0.4) is 0 Å². The molecule has 0 amide bonds. The minimum atomic E-state index is -3.65. The first-order valence-electron chi connectivity index (χ1n) is 12.0. The lowest BCUT2D eigenvalue weighted by Crippen LogP contribution is -2.32. The minimum Gasteiger partial charge on any atom is -0.455 e. The van der Waals surface area contributed by atoms with Gasteiger partial charge in [-0.3, -0.25) is 14.1 Å². The molecule has 2 aliphatic rings. The monoisotopic (exact) mass is 529 g/mol. The summed E-state index contributed by atoms with van der Waals surface area (Å²) < 4.78 is 47.1. The van der Waals surface area contributed by atoms with E-state index in [0.717, 1.165) is 30.0 Å². The number of aliphatic imine (C=N–C) groups is 1. The van der Waals surface area contributed by atoms with Crippen LogP contribution in [-0.2, 0) is 14.9 Å². The number of nitrogens with two attached hydrogens (primary N) is 1. The molecule has 5 rings (SSSR count). The zero-order valence-corrected chi connectivity index (χ0v) is 21.1. The molecule has 4 N–H and O–H groups in total. The molecule has 3 aromatic rings. The predicted octanol–water partition coefficient (Wildman–Crippen LogP) is 3.69. The van der Waals surface area contributed by atoms with Gasteiger partial charge in [-0.05, 0) is 61.1 Å². The standard InChI is InChI=1S/C25H28FN5O5S/c1-37(33,34)31(11-2-3-22(27)29-32)20-14-21-19(13-18(20)15-4-5-15)23(25-28-10-12-35-30-25)24(36-21)16-6-8-17(26)9-7-16/h6-9,13-15,32H,2-5,10-12H2,1H3,(H2,27,29)(H,28,30). The van der Waals surface area contributed by atoms with Gasteiger partial charge in [-0.25, -0.2) is 18.3 Å². The van der Waals surface area contributed by atoms with Crippen LogP contribution < -0.4 is 15.5 Å². The average Bonchev–Trinajstić information content (AvgIpc) is 3.66. The Bertz CT molecular complexity index is 1480. The summed E-state index contributed by atoms with van der Waals surface area (Å²) in [5.41, 5.74) is 11.7. The Morgan fingerprint density at radius 3 is 2.68 bits per heavy atom. The Labute approximate surface area is 213 Å². The highest BCUT2D eigenvalue weighted by molar-refractivity contribution is 7.92. The van der Waals surface area contributed by atoms with E-state index in [1.54, 1.807) is 18.2 Å². The van der Waals surface area contributed by atoms with E-state index < -0.39 is 10.0 Å². The van der Waals surface area contributed by atoms with Crippen molar-refractivity contribution in [3.63, 3.8) is 0 Å². The molecule has 2 heterocycles. The van der Waals surface area contributed by atoms with Gasteiger partial charge >= 0.3 is 0 Å². The van der Waals surface area contributed by atoms with Crippen LogP contribution in [0.1, 0.15) is 42.7 Å². The Hall–Kier alpha value is -3.64. The third-order valence-electron chi connectivity index (χ3n) is 6.42. The van der Waals surface area contributed by atoms with Crippen LogP contribution >= 0.6 is 0 Å². The maximum absolute atomic E-state index is 13.7. The normalized spacial score (nSPS) is 16.5. The number of halogens is 1. The maximum Gasteiger partial charge on any atom is 0.232 e. The van der Waals surface area contributed by atoms with E-state index in [9.17, 15) is 12.8 Å². The average molecular weight is 530 g/mol. The van der Waals surface area contributed by atoms with Crippen molar-refractivity contribution in [1.82, 2.24) is 5.48 Å². The van der Waals surface area contributed by atoms with Crippen molar-refractivity contribution in [2.45, 2.75) is 31.6 Å². The smallest absolute Gasteiger partial charge is 0.232 e. The summed E-state index contributed by atoms with van der Waals surface area (Å²) >= 11 is 0. The molecule has 0 spiro atoms. The van der Waals surface area contributed by atoms with Crippen molar-refractivity contribution in [2.24, 2.45) is 15.9 Å². The van der Waals surface area contributed by atoms with E-state index in [1.165, 1.54) is 16.4 Å². The van der Waals surface area contributed by atoms with Crippen molar-refractivity contribution >= 4 is 38.4 Å². The van der Waals surface area contributed by atoms with Gasteiger partial charge < -0.3 is 15.4 Å². The van der Waals surface area contributed by atoms with Crippen LogP contribution in [0.25, 0.3) is 22.3 Å². The molecule has 196 valence electrons. The molecule has 1 aromatic heterocycles. The Morgan fingerprint density at radius 2 is 2.05 bits per heavy atom. The maximum atomic E-state index is 13.7. The van der Waals surface area contributed by atoms with Gasteiger partial charge in [-0.1, -0.05) is 5.16 Å². The molecular weight excluding hydrogens is 501 g/mol. The van der Waals surface area contributed by atoms with Crippen molar-refractivity contribution in [3.05, 3.63) is 53.3 Å². The van der Waals surface area contributed by atoms with E-state index in [2.05, 4.69) is 15.6 Å². The second-order valence-corrected chi connectivity index (χ2v) is 11.1. The fraction of sp³-hybridized carbons (Fsp3) is 0.360. The molecule has 0 bridgehead atoms. The number of hydrogen-bond donors (Lipinski definition) is 3. The van der Waals surface area contributed by atoms with E-state index >= 15 is 0 Å². The van der Waals surface area contributed by atoms with E-state index in [0.29, 0.717) is 53.6 Å². The number of oxime groups is 1. The van der Waals surface area contributed by atoms with Crippen LogP contribution in [0.15, 0.2) is 51.0 Å². The van der Waals surface area contributed by atoms with Gasteiger partial charge in [0.15, 0.2) is 5.84 Å². The molecule has 10 nitrogen and oxygen atoms in total. The number of fused-ring (bicyclic) bond motifs is 1. The first-order valence-corrected chi connectivity index (χ1v) is 13.8. The number of hydroxylamine groups is 1. The van der Waals surface area contributed by atoms with Crippen molar-refractivity contribution in [2.75, 3.05) is 30.3 Å². The Balaban J connectivity index is 1.68. The summed E-state index contributed by atoms with van der Waals surface area (Å²) in [4.78, 5) is 10.0. The summed E-state index contributed by atoms with van der Waals surface area (Å²) in [7, 11) is -3.65. The molecular formula is C25H28FN5O5S. The lowest BCUT2D eigenvalue weighted by molar-refractivity contribution is 0.0827. The van der Waals surface area contributed by atoms with E-state index in [1.807, 2.05) is 6.07 Å². The number of furan rings is 1. The van der Waals surface area contributed by atoms with Crippen LogP contribution in [0, 0.1) is 5.82 Å². The van der Waals surface area contributed by atoms with Gasteiger partial charge in [0.2, 0.25) is 10.0 Å². The van der Waals surface area contributed by atoms with Crippen LogP contribution in [0.2, 0.25) is 0 Å². The van der Waals surface area contributed by atoms with Crippen LogP contribution in [-0.4, -0.2) is 51.2 Å². The zero-order chi connectivity index (χ0) is 26.2. The topological polar surface area (TPSA) is 143 Å². The highest BCUT2D eigenvalue weighted by Gasteiger charge is 2.33. The van der Waals surface area contributed by atoms with Gasteiger partial charge in [0.05, 0.1) is 30.7 Å². The summed E-state index contributed by atoms with van der Waals surface area (Å²) in [5.74, 6) is 0.851. The number of rotatable bonds is 9. The fourth-order valence-electron chi connectivity index (χ4n) is 4.53. The molecule has 1 saturated carbocycles. The van der Waals surface area contributed by atoms with Gasteiger partial charge in [0.25, 0.3) is 0 Å². The lowest BCUT2D eigenvalue weighted by atomic mass is 10.00. The number of nitrogens with one attached hydrogen (secondary N) is 1. The first kappa shape index (κ1) is 25.0. The molecule has 2 aromatic carbocycles. The predicted molar refractivity (Wildman–Crippen MR) is 139 cm³/mol. The highest BCUT2D eigenvalue weighted by atomic mass is 32.2. The second kappa shape index (κ2) is 10.0. The number of benzene rings is 2. The van der Waals surface area contributed by atoms with E-state index in [4.69, 9.17) is 20.2 Å². The number of amidine groups is 2. The molecule has 37 heavy (non-hydrogen) atoms. The van der Waals surface area contributed by atoms with Crippen molar-refractivity contribution in [1.29, 1.82) is 0 Å². The molecule has 12 heteroatoms. The second-order valence-electron chi connectivity index (χ2n) is 9.21. The molecule has 0 unspecified atom stereocenters. The van der Waals surface area contributed by atoms with Gasteiger partial charge in [-0.2, -0.15) is 0 Å². The summed E-state index contributed by atoms with van der Waals surface area (Å²) in [6.07, 6.45) is 3.66. The van der Waals surface area contributed by atoms with Crippen molar-refractivity contribution < 1.29 is 27.3 Å². The Morgan fingerprint density at radius 1 is 1.30 bits per heavy atom. The van der Waals surface area contributed by atoms with Gasteiger partial charge in [-0.15, -0.1) is 0 Å². The van der Waals surface area contributed by atoms with E-state index in [-0.39, 0.29) is 30.5 Å². The quantitative estimate of drug-likeness (QED) is 0.166. The number of hydrogen-bond acceptors (Lipinski definition) is 8. The first-order chi connectivity index (χ1) is 17.8. The molecule has 0 atom stereocenters. The highest BCUT2D eigenvalue weighted by Crippen LogP contribution is 2.48. The van der Waals surface area contributed by atoms with Gasteiger partial charge in [0, 0.05) is 30.0 Å².